The quantitative estimate of drug-likeness (QED) is 0.641. The third-order valence-corrected chi connectivity index (χ3v) is 2.35. The number of nitrogens with one attached hydrogen (secondary N) is 1. The fourth-order valence-electron chi connectivity index (χ4n) is 1.02. The molecule has 0 aliphatic heterocycles. The second-order valence-corrected chi connectivity index (χ2v) is 3.83. The normalized spacial score (nSPS) is 14.8. The summed E-state index contributed by atoms with van der Waals surface area (Å²) >= 11 is 0. The van der Waals surface area contributed by atoms with E-state index in [1.54, 1.807) is 0 Å². The van der Waals surface area contributed by atoms with E-state index in [9.17, 15) is 5.11 Å². The number of rotatable bonds is 4. The molecule has 1 unspecified atom stereocenters. The molecule has 0 saturated heterocycles. The van der Waals surface area contributed by atoms with Crippen LogP contribution >= 0.6 is 0 Å². The van der Waals surface area contributed by atoms with Gasteiger partial charge in [-0.2, -0.15) is 0 Å². The standard InChI is InChI=1S/C11H18N2O/c1-3-11(2,14)8-13-10-6-4-9(12)5-7-10/h4-7,13-14H,3,8,12H2,1-2H3. The molecule has 0 aliphatic carbocycles. The molecule has 1 aromatic rings. The Balaban J connectivity index is 2.50. The van der Waals surface area contributed by atoms with E-state index in [0.29, 0.717) is 6.54 Å². The molecular weight excluding hydrogens is 176 g/mol. The summed E-state index contributed by atoms with van der Waals surface area (Å²) in [4.78, 5) is 0. The van der Waals surface area contributed by atoms with Gasteiger partial charge in [-0.25, -0.2) is 0 Å². The van der Waals surface area contributed by atoms with Crippen molar-refractivity contribution < 1.29 is 5.11 Å². The van der Waals surface area contributed by atoms with Crippen molar-refractivity contribution in [2.24, 2.45) is 0 Å². The van der Waals surface area contributed by atoms with E-state index >= 15 is 0 Å². The molecule has 0 fully saturated rings. The van der Waals surface area contributed by atoms with Crippen molar-refractivity contribution in [1.29, 1.82) is 0 Å². The maximum absolute atomic E-state index is 9.75. The Kier molecular flexibility index (Phi) is 3.36. The Bertz CT molecular complexity index is 280. The molecule has 0 amide bonds. The van der Waals surface area contributed by atoms with Crippen molar-refractivity contribution in [2.45, 2.75) is 25.9 Å². The maximum Gasteiger partial charge on any atom is 0.0788 e. The third-order valence-electron chi connectivity index (χ3n) is 2.35. The number of nitrogen functional groups attached to an aromatic ring is 1. The molecule has 0 aliphatic rings. The molecule has 0 saturated carbocycles. The molecule has 0 bridgehead atoms. The van der Waals surface area contributed by atoms with Gasteiger partial charge in [-0.05, 0) is 37.6 Å². The summed E-state index contributed by atoms with van der Waals surface area (Å²) in [5.41, 5.74) is 6.63. The summed E-state index contributed by atoms with van der Waals surface area (Å²) in [6.45, 7) is 4.33. The number of benzene rings is 1. The van der Waals surface area contributed by atoms with Crippen molar-refractivity contribution in [3.8, 4) is 0 Å². The topological polar surface area (TPSA) is 58.3 Å². The number of hydrogen-bond donors (Lipinski definition) is 3. The molecule has 0 aromatic heterocycles. The number of aliphatic hydroxyl groups is 1. The molecule has 1 atom stereocenters. The van der Waals surface area contributed by atoms with Crippen molar-refractivity contribution >= 4 is 11.4 Å². The second-order valence-electron chi connectivity index (χ2n) is 3.83. The van der Waals surface area contributed by atoms with Crippen LogP contribution in [0.3, 0.4) is 0 Å². The predicted octanol–water partition coefficient (Wildman–Crippen LogP) is 1.84. The summed E-state index contributed by atoms with van der Waals surface area (Å²) in [6, 6.07) is 7.48. The SMILES string of the molecule is CCC(C)(O)CNc1ccc(N)cc1. The van der Waals surface area contributed by atoms with Crippen LogP contribution in [0, 0.1) is 0 Å². The van der Waals surface area contributed by atoms with E-state index in [-0.39, 0.29) is 0 Å². The molecule has 4 N–H and O–H groups in total. The molecule has 3 nitrogen and oxygen atoms in total. The van der Waals surface area contributed by atoms with Crippen molar-refractivity contribution in [2.75, 3.05) is 17.6 Å². The van der Waals surface area contributed by atoms with E-state index in [4.69, 9.17) is 5.73 Å². The van der Waals surface area contributed by atoms with E-state index in [1.807, 2.05) is 38.1 Å². The van der Waals surface area contributed by atoms with Crippen molar-refractivity contribution in [3.63, 3.8) is 0 Å². The van der Waals surface area contributed by atoms with Crippen LogP contribution in [0.2, 0.25) is 0 Å². The van der Waals surface area contributed by atoms with Crippen LogP contribution in [0.4, 0.5) is 11.4 Å². The van der Waals surface area contributed by atoms with Gasteiger partial charge in [-0.1, -0.05) is 6.92 Å². The smallest absolute Gasteiger partial charge is 0.0788 e. The molecule has 78 valence electrons. The van der Waals surface area contributed by atoms with Gasteiger partial charge in [0, 0.05) is 17.9 Å². The Morgan fingerprint density at radius 3 is 2.43 bits per heavy atom. The van der Waals surface area contributed by atoms with Gasteiger partial charge in [-0.15, -0.1) is 0 Å². The molecule has 14 heavy (non-hydrogen) atoms. The van der Waals surface area contributed by atoms with Gasteiger partial charge in [0.25, 0.3) is 0 Å². The third kappa shape index (κ3) is 3.26. The fraction of sp³-hybridized carbons (Fsp3) is 0.455. The Morgan fingerprint density at radius 2 is 1.93 bits per heavy atom. The number of anilines is 2. The van der Waals surface area contributed by atoms with Crippen LogP contribution in [0.25, 0.3) is 0 Å². The minimum absolute atomic E-state index is 0.549. The van der Waals surface area contributed by atoms with E-state index in [1.165, 1.54) is 0 Å². The van der Waals surface area contributed by atoms with Gasteiger partial charge in [0.1, 0.15) is 0 Å². The first-order chi connectivity index (χ1) is 6.53. The molecule has 3 heteroatoms. The Hall–Kier alpha value is -1.22. The van der Waals surface area contributed by atoms with Gasteiger partial charge in [0.05, 0.1) is 5.60 Å². The van der Waals surface area contributed by atoms with Gasteiger partial charge in [0.15, 0.2) is 0 Å². The summed E-state index contributed by atoms with van der Waals surface area (Å²) in [6.07, 6.45) is 0.731. The predicted molar refractivity (Wildman–Crippen MR) is 60.3 cm³/mol. The number of nitrogens with two attached hydrogens (primary N) is 1. The highest BCUT2D eigenvalue weighted by Gasteiger charge is 2.16. The summed E-state index contributed by atoms with van der Waals surface area (Å²) in [7, 11) is 0. The highest BCUT2D eigenvalue weighted by Crippen LogP contribution is 2.13. The first-order valence-corrected chi connectivity index (χ1v) is 4.85. The fourth-order valence-corrected chi connectivity index (χ4v) is 1.02. The zero-order valence-electron chi connectivity index (χ0n) is 8.75. The summed E-state index contributed by atoms with van der Waals surface area (Å²) < 4.78 is 0. The van der Waals surface area contributed by atoms with Crippen molar-refractivity contribution in [1.82, 2.24) is 0 Å². The summed E-state index contributed by atoms with van der Waals surface area (Å²) in [5, 5.41) is 12.9. The lowest BCUT2D eigenvalue weighted by atomic mass is 10.0. The summed E-state index contributed by atoms with van der Waals surface area (Å²) in [5.74, 6) is 0. The molecular formula is C11H18N2O. The first-order valence-electron chi connectivity index (χ1n) is 4.85. The molecule has 0 spiro atoms. The molecule has 0 heterocycles. The zero-order valence-corrected chi connectivity index (χ0v) is 8.75. The van der Waals surface area contributed by atoms with Gasteiger partial charge < -0.3 is 16.2 Å². The lowest BCUT2D eigenvalue weighted by molar-refractivity contribution is 0.0697. The van der Waals surface area contributed by atoms with Gasteiger partial charge >= 0.3 is 0 Å². The lowest BCUT2D eigenvalue weighted by Crippen LogP contribution is -2.32. The maximum atomic E-state index is 9.75. The Labute approximate surface area is 84.9 Å². The molecule has 1 rings (SSSR count). The lowest BCUT2D eigenvalue weighted by Gasteiger charge is -2.22. The van der Waals surface area contributed by atoms with Crippen LogP contribution in [-0.2, 0) is 0 Å². The minimum Gasteiger partial charge on any atom is -0.399 e. The Morgan fingerprint density at radius 1 is 1.36 bits per heavy atom. The van der Waals surface area contributed by atoms with Crippen LogP contribution in [0.1, 0.15) is 20.3 Å². The van der Waals surface area contributed by atoms with Crippen molar-refractivity contribution in [3.05, 3.63) is 24.3 Å². The van der Waals surface area contributed by atoms with Crippen LogP contribution in [0.5, 0.6) is 0 Å². The second kappa shape index (κ2) is 4.33. The van der Waals surface area contributed by atoms with E-state index < -0.39 is 5.60 Å². The van der Waals surface area contributed by atoms with Crippen LogP contribution in [-0.4, -0.2) is 17.3 Å². The van der Waals surface area contributed by atoms with Gasteiger partial charge in [-0.3, -0.25) is 0 Å². The highest BCUT2D eigenvalue weighted by atomic mass is 16.3. The zero-order chi connectivity index (χ0) is 10.6. The van der Waals surface area contributed by atoms with Gasteiger partial charge in [0.2, 0.25) is 0 Å². The van der Waals surface area contributed by atoms with E-state index in [2.05, 4.69) is 5.32 Å². The van der Waals surface area contributed by atoms with E-state index in [0.717, 1.165) is 17.8 Å². The molecule has 0 radical (unpaired) electrons. The highest BCUT2D eigenvalue weighted by molar-refractivity contribution is 5.51. The first kappa shape index (κ1) is 10.9. The number of hydrogen-bond acceptors (Lipinski definition) is 3. The molecule has 1 aromatic carbocycles. The largest absolute Gasteiger partial charge is 0.399 e. The average Bonchev–Trinajstić information content (AvgIpc) is 2.17. The minimum atomic E-state index is -0.651. The average molecular weight is 194 g/mol. The van der Waals surface area contributed by atoms with Crippen LogP contribution < -0.4 is 11.1 Å². The monoisotopic (exact) mass is 194 g/mol. The van der Waals surface area contributed by atoms with Crippen LogP contribution in [0.15, 0.2) is 24.3 Å².